The number of aliphatic carboxylic acids is 1. The molecule has 10 heteroatoms. The zero-order valence-electron chi connectivity index (χ0n) is 17.5. The summed E-state index contributed by atoms with van der Waals surface area (Å²) in [6.45, 7) is 2.31. The van der Waals surface area contributed by atoms with Crippen molar-refractivity contribution < 1.29 is 19.4 Å². The third-order valence-electron chi connectivity index (χ3n) is 5.20. The molecule has 1 aliphatic carbocycles. The highest BCUT2D eigenvalue weighted by Gasteiger charge is 2.25. The van der Waals surface area contributed by atoms with Crippen molar-refractivity contribution in [3.05, 3.63) is 28.9 Å². The average molecular weight is 528 g/mol. The fraction of sp³-hybridized carbons (Fsp3) is 0.476. The SMILES string of the molecule is COc1cc(N(CC2CCCC2)C(=O)Nc2ncc(SCC(C)C(=O)O)s2)ccc1Br. The van der Waals surface area contributed by atoms with Gasteiger partial charge in [0.2, 0.25) is 0 Å². The van der Waals surface area contributed by atoms with Crippen molar-refractivity contribution in [1.29, 1.82) is 0 Å². The van der Waals surface area contributed by atoms with Crippen molar-refractivity contribution in [2.45, 2.75) is 36.8 Å². The van der Waals surface area contributed by atoms with Gasteiger partial charge in [0.1, 0.15) is 5.75 Å². The lowest BCUT2D eigenvalue weighted by atomic mass is 10.1. The molecule has 1 aromatic carbocycles. The number of rotatable bonds is 9. The lowest BCUT2D eigenvalue weighted by Gasteiger charge is -2.26. The summed E-state index contributed by atoms with van der Waals surface area (Å²) < 4.78 is 7.11. The lowest BCUT2D eigenvalue weighted by Crippen LogP contribution is -2.38. The number of carboxylic acid groups (broad SMARTS) is 1. The first-order valence-corrected chi connectivity index (χ1v) is 12.7. The van der Waals surface area contributed by atoms with Crippen LogP contribution >= 0.6 is 39.0 Å². The first kappa shape index (κ1) is 23.9. The first-order chi connectivity index (χ1) is 14.9. The largest absolute Gasteiger partial charge is 0.495 e. The molecule has 1 heterocycles. The number of carbonyl (C=O) groups excluding carboxylic acids is 1. The molecule has 31 heavy (non-hydrogen) atoms. The summed E-state index contributed by atoms with van der Waals surface area (Å²) in [6, 6.07) is 5.40. The van der Waals surface area contributed by atoms with Crippen LogP contribution < -0.4 is 15.0 Å². The molecule has 7 nitrogen and oxygen atoms in total. The van der Waals surface area contributed by atoms with Gasteiger partial charge < -0.3 is 9.84 Å². The van der Waals surface area contributed by atoms with Crippen LogP contribution in [0.5, 0.6) is 5.75 Å². The molecule has 1 unspecified atom stereocenters. The van der Waals surface area contributed by atoms with E-state index in [9.17, 15) is 9.59 Å². The zero-order chi connectivity index (χ0) is 22.4. The van der Waals surface area contributed by atoms with E-state index >= 15 is 0 Å². The number of urea groups is 1. The van der Waals surface area contributed by atoms with Crippen molar-refractivity contribution in [2.24, 2.45) is 11.8 Å². The van der Waals surface area contributed by atoms with Crippen LogP contribution in [0.4, 0.5) is 15.6 Å². The molecule has 1 aromatic heterocycles. The van der Waals surface area contributed by atoms with Crippen molar-refractivity contribution in [3.63, 3.8) is 0 Å². The second-order valence-corrected chi connectivity index (χ2v) is 10.8. The summed E-state index contributed by atoms with van der Waals surface area (Å²) in [5, 5.41) is 12.4. The Morgan fingerprint density at radius 2 is 2.16 bits per heavy atom. The average Bonchev–Trinajstić information content (AvgIpc) is 3.42. The second kappa shape index (κ2) is 11.2. The molecule has 3 rings (SSSR count). The Morgan fingerprint density at radius 1 is 1.42 bits per heavy atom. The summed E-state index contributed by atoms with van der Waals surface area (Å²) in [6.07, 6.45) is 6.31. The maximum absolute atomic E-state index is 13.2. The number of benzene rings is 1. The van der Waals surface area contributed by atoms with E-state index < -0.39 is 11.9 Å². The molecular weight excluding hydrogens is 502 g/mol. The van der Waals surface area contributed by atoms with Gasteiger partial charge in [-0.1, -0.05) is 31.1 Å². The number of nitrogens with one attached hydrogen (secondary N) is 1. The van der Waals surface area contributed by atoms with Gasteiger partial charge in [-0.05, 0) is 46.8 Å². The predicted molar refractivity (Wildman–Crippen MR) is 129 cm³/mol. The molecular formula is C21H26BrN3O4S2. The fourth-order valence-electron chi connectivity index (χ4n) is 3.39. The van der Waals surface area contributed by atoms with Gasteiger partial charge in [0.15, 0.2) is 5.13 Å². The minimum absolute atomic E-state index is 0.235. The number of aromatic nitrogens is 1. The molecule has 1 aliphatic rings. The third-order valence-corrected chi connectivity index (χ3v) is 8.23. The topological polar surface area (TPSA) is 91.8 Å². The van der Waals surface area contributed by atoms with Crippen molar-refractivity contribution in [3.8, 4) is 5.75 Å². The van der Waals surface area contributed by atoms with Gasteiger partial charge in [-0.2, -0.15) is 0 Å². The number of hydrogen-bond acceptors (Lipinski definition) is 6. The highest BCUT2D eigenvalue weighted by atomic mass is 79.9. The van der Waals surface area contributed by atoms with Gasteiger partial charge in [0.05, 0.1) is 27.9 Å². The fourth-order valence-corrected chi connectivity index (χ4v) is 5.70. The molecule has 168 valence electrons. The summed E-state index contributed by atoms with van der Waals surface area (Å²) >= 11 is 6.24. The van der Waals surface area contributed by atoms with Gasteiger partial charge in [0.25, 0.3) is 0 Å². The maximum atomic E-state index is 13.2. The van der Waals surface area contributed by atoms with E-state index in [2.05, 4.69) is 26.2 Å². The molecule has 0 spiro atoms. The zero-order valence-corrected chi connectivity index (χ0v) is 20.7. The standard InChI is InChI=1S/C21H26BrN3O4S2/c1-13(19(26)27)12-30-18-10-23-20(31-18)24-21(28)25(11-14-5-3-4-6-14)15-7-8-16(22)17(9-15)29-2/h7-10,13-14H,3-6,11-12H2,1-2H3,(H,26,27)(H,23,24,28). The number of hydrogen-bond donors (Lipinski definition) is 2. The Labute approximate surface area is 198 Å². The lowest BCUT2D eigenvalue weighted by molar-refractivity contribution is -0.140. The van der Waals surface area contributed by atoms with Crippen LogP contribution in [-0.4, -0.2) is 41.5 Å². The molecule has 2 N–H and O–H groups in total. The normalized spacial score (nSPS) is 14.9. The molecule has 0 aliphatic heterocycles. The molecule has 0 saturated heterocycles. The minimum Gasteiger partial charge on any atom is -0.495 e. The van der Waals surface area contributed by atoms with E-state index in [1.54, 1.807) is 25.1 Å². The Morgan fingerprint density at radius 3 is 2.84 bits per heavy atom. The quantitative estimate of drug-likeness (QED) is 0.391. The van der Waals surface area contributed by atoms with Crippen LogP contribution in [0.1, 0.15) is 32.6 Å². The van der Waals surface area contributed by atoms with E-state index in [0.717, 1.165) is 27.2 Å². The summed E-state index contributed by atoms with van der Waals surface area (Å²) in [4.78, 5) is 30.2. The molecule has 0 bridgehead atoms. The molecule has 2 amide bonds. The van der Waals surface area contributed by atoms with Crippen LogP contribution in [0.25, 0.3) is 0 Å². The van der Waals surface area contributed by atoms with E-state index in [4.69, 9.17) is 9.84 Å². The highest BCUT2D eigenvalue weighted by molar-refractivity contribution is 9.10. The van der Waals surface area contributed by atoms with E-state index in [0.29, 0.717) is 29.1 Å². The Balaban J connectivity index is 1.72. The third kappa shape index (κ3) is 6.60. The summed E-state index contributed by atoms with van der Waals surface area (Å²) in [5.74, 6) is 0.331. The number of carboxylic acids is 1. The van der Waals surface area contributed by atoms with Crippen LogP contribution in [-0.2, 0) is 4.79 Å². The highest BCUT2D eigenvalue weighted by Crippen LogP contribution is 2.34. The Bertz CT molecular complexity index is 918. The first-order valence-electron chi connectivity index (χ1n) is 10.1. The van der Waals surface area contributed by atoms with E-state index in [1.165, 1.54) is 35.9 Å². The van der Waals surface area contributed by atoms with Crippen LogP contribution in [0.15, 0.2) is 33.1 Å². The summed E-state index contributed by atoms with van der Waals surface area (Å²) in [5.41, 5.74) is 0.769. The number of anilines is 2. The van der Waals surface area contributed by atoms with Crippen molar-refractivity contribution in [2.75, 3.05) is 29.6 Å². The second-order valence-electron chi connectivity index (χ2n) is 7.54. The van der Waals surface area contributed by atoms with Crippen molar-refractivity contribution in [1.82, 2.24) is 4.98 Å². The number of thiazole rings is 1. The van der Waals surface area contributed by atoms with Crippen molar-refractivity contribution >= 4 is 61.8 Å². The Kier molecular flexibility index (Phi) is 8.62. The summed E-state index contributed by atoms with van der Waals surface area (Å²) in [7, 11) is 1.60. The molecule has 1 atom stereocenters. The number of methoxy groups -OCH3 is 1. The maximum Gasteiger partial charge on any atom is 0.328 e. The molecule has 1 fully saturated rings. The van der Waals surface area contributed by atoms with Gasteiger partial charge in [0, 0.05) is 24.1 Å². The van der Waals surface area contributed by atoms with E-state index in [1.807, 2.05) is 18.2 Å². The van der Waals surface area contributed by atoms with Gasteiger partial charge in [-0.25, -0.2) is 9.78 Å². The monoisotopic (exact) mass is 527 g/mol. The minimum atomic E-state index is -0.821. The van der Waals surface area contributed by atoms with Crippen LogP contribution in [0, 0.1) is 11.8 Å². The number of carbonyl (C=O) groups is 2. The molecule has 0 radical (unpaired) electrons. The number of ether oxygens (including phenoxy) is 1. The number of nitrogens with zero attached hydrogens (tertiary/aromatic N) is 2. The number of amides is 2. The predicted octanol–water partition coefficient (Wildman–Crippen LogP) is 5.96. The van der Waals surface area contributed by atoms with Gasteiger partial charge >= 0.3 is 12.0 Å². The van der Waals surface area contributed by atoms with Crippen LogP contribution in [0.3, 0.4) is 0 Å². The smallest absolute Gasteiger partial charge is 0.328 e. The van der Waals surface area contributed by atoms with Gasteiger partial charge in [-0.3, -0.25) is 15.0 Å². The van der Waals surface area contributed by atoms with Gasteiger partial charge in [-0.15, -0.1) is 11.8 Å². The molecule has 1 saturated carbocycles. The van der Waals surface area contributed by atoms with Crippen LogP contribution in [0.2, 0.25) is 0 Å². The molecule has 2 aromatic rings. The number of thioether (sulfide) groups is 1. The Hall–Kier alpha value is -1.78. The number of halogens is 1. The van der Waals surface area contributed by atoms with E-state index in [-0.39, 0.29) is 6.03 Å².